The molecule has 2 aromatic rings. The SMILES string of the molecule is CC(C)Oc1ccc(CNC(=S)Nc2ccc3c(c2)OCO3)cc1. The standard InChI is InChI=1S/C18H20N2O3S/c1-12(2)23-15-6-3-13(4-7-15)10-19-18(24)20-14-5-8-16-17(9-14)22-11-21-16/h3-9,12H,10-11H2,1-2H3,(H2,19,20,24). The van der Waals surface area contributed by atoms with Gasteiger partial charge >= 0.3 is 0 Å². The average Bonchev–Trinajstić information content (AvgIpc) is 3.01. The van der Waals surface area contributed by atoms with Crippen LogP contribution in [-0.4, -0.2) is 18.0 Å². The minimum absolute atomic E-state index is 0.174. The number of hydrogen-bond acceptors (Lipinski definition) is 4. The summed E-state index contributed by atoms with van der Waals surface area (Å²) in [7, 11) is 0. The lowest BCUT2D eigenvalue weighted by molar-refractivity contribution is 0.174. The fourth-order valence-corrected chi connectivity index (χ4v) is 2.48. The number of anilines is 1. The molecule has 5 nitrogen and oxygen atoms in total. The van der Waals surface area contributed by atoms with Gasteiger partial charge in [-0.05, 0) is 55.9 Å². The van der Waals surface area contributed by atoms with Gasteiger partial charge in [0.2, 0.25) is 6.79 Å². The molecule has 0 radical (unpaired) electrons. The van der Waals surface area contributed by atoms with Crippen LogP contribution in [0.4, 0.5) is 5.69 Å². The highest BCUT2D eigenvalue weighted by Gasteiger charge is 2.13. The molecule has 0 fully saturated rings. The maximum atomic E-state index is 5.63. The molecule has 2 N–H and O–H groups in total. The molecule has 24 heavy (non-hydrogen) atoms. The Morgan fingerprint density at radius 1 is 1.12 bits per heavy atom. The summed E-state index contributed by atoms with van der Waals surface area (Å²) in [4.78, 5) is 0. The number of benzene rings is 2. The van der Waals surface area contributed by atoms with Gasteiger partial charge in [-0.15, -0.1) is 0 Å². The van der Waals surface area contributed by atoms with Gasteiger partial charge in [0.05, 0.1) is 6.10 Å². The maximum Gasteiger partial charge on any atom is 0.231 e. The van der Waals surface area contributed by atoms with Crippen LogP contribution in [0.25, 0.3) is 0 Å². The van der Waals surface area contributed by atoms with Crippen LogP contribution in [0.1, 0.15) is 19.4 Å². The third-order valence-electron chi connectivity index (χ3n) is 3.38. The number of thiocarbonyl (C=S) groups is 1. The lowest BCUT2D eigenvalue weighted by atomic mass is 10.2. The van der Waals surface area contributed by atoms with E-state index in [0.29, 0.717) is 11.7 Å². The van der Waals surface area contributed by atoms with Crippen molar-refractivity contribution in [2.75, 3.05) is 12.1 Å². The zero-order valence-electron chi connectivity index (χ0n) is 13.7. The monoisotopic (exact) mass is 344 g/mol. The number of rotatable bonds is 5. The molecule has 0 unspecified atom stereocenters. The third kappa shape index (κ3) is 4.29. The summed E-state index contributed by atoms with van der Waals surface area (Å²) in [5.41, 5.74) is 1.98. The van der Waals surface area contributed by atoms with E-state index in [4.69, 9.17) is 26.4 Å². The van der Waals surface area contributed by atoms with Crippen molar-refractivity contribution < 1.29 is 14.2 Å². The lowest BCUT2D eigenvalue weighted by Gasteiger charge is -2.12. The van der Waals surface area contributed by atoms with Crippen LogP contribution in [0, 0.1) is 0 Å². The van der Waals surface area contributed by atoms with Gasteiger partial charge < -0.3 is 24.8 Å². The molecule has 1 aliphatic rings. The molecule has 6 heteroatoms. The molecule has 0 aliphatic carbocycles. The van der Waals surface area contributed by atoms with Crippen molar-refractivity contribution >= 4 is 23.0 Å². The summed E-state index contributed by atoms with van der Waals surface area (Å²) >= 11 is 5.33. The van der Waals surface area contributed by atoms with E-state index in [2.05, 4.69) is 10.6 Å². The molecule has 0 saturated carbocycles. The number of fused-ring (bicyclic) bond motifs is 1. The fraction of sp³-hybridized carbons (Fsp3) is 0.278. The highest BCUT2D eigenvalue weighted by Crippen LogP contribution is 2.34. The highest BCUT2D eigenvalue weighted by atomic mass is 32.1. The van der Waals surface area contributed by atoms with Crippen LogP contribution < -0.4 is 24.8 Å². The third-order valence-corrected chi connectivity index (χ3v) is 3.63. The van der Waals surface area contributed by atoms with Crippen molar-refractivity contribution in [3.05, 3.63) is 48.0 Å². The van der Waals surface area contributed by atoms with Crippen molar-refractivity contribution in [1.82, 2.24) is 5.32 Å². The van der Waals surface area contributed by atoms with Crippen LogP contribution in [0.15, 0.2) is 42.5 Å². The molecule has 0 amide bonds. The highest BCUT2D eigenvalue weighted by molar-refractivity contribution is 7.80. The van der Waals surface area contributed by atoms with Crippen molar-refractivity contribution in [3.8, 4) is 17.2 Å². The summed E-state index contributed by atoms with van der Waals surface area (Å²) in [6.45, 7) is 4.92. The van der Waals surface area contributed by atoms with Gasteiger partial charge in [0.15, 0.2) is 16.6 Å². The van der Waals surface area contributed by atoms with E-state index < -0.39 is 0 Å². The van der Waals surface area contributed by atoms with E-state index in [1.54, 1.807) is 0 Å². The van der Waals surface area contributed by atoms with E-state index in [1.807, 2.05) is 56.3 Å². The molecule has 0 saturated heterocycles. The molecule has 0 bridgehead atoms. The van der Waals surface area contributed by atoms with E-state index in [0.717, 1.165) is 28.5 Å². The van der Waals surface area contributed by atoms with Gasteiger partial charge in [-0.3, -0.25) is 0 Å². The fourth-order valence-electron chi connectivity index (χ4n) is 2.29. The van der Waals surface area contributed by atoms with Gasteiger partial charge in [-0.1, -0.05) is 12.1 Å². The van der Waals surface area contributed by atoms with E-state index in [-0.39, 0.29) is 12.9 Å². The molecule has 126 valence electrons. The average molecular weight is 344 g/mol. The smallest absolute Gasteiger partial charge is 0.231 e. The van der Waals surface area contributed by atoms with Crippen LogP contribution in [-0.2, 0) is 6.54 Å². The van der Waals surface area contributed by atoms with Crippen molar-refractivity contribution in [3.63, 3.8) is 0 Å². The summed E-state index contributed by atoms with van der Waals surface area (Å²) in [6.07, 6.45) is 0.174. The van der Waals surface area contributed by atoms with Crippen LogP contribution in [0.2, 0.25) is 0 Å². The lowest BCUT2D eigenvalue weighted by Crippen LogP contribution is -2.27. The Hall–Kier alpha value is -2.47. The molecule has 0 atom stereocenters. The Kier molecular flexibility index (Phi) is 5.05. The topological polar surface area (TPSA) is 51.8 Å². The zero-order valence-corrected chi connectivity index (χ0v) is 14.5. The number of hydrogen-bond donors (Lipinski definition) is 2. The predicted molar refractivity (Wildman–Crippen MR) is 97.8 cm³/mol. The molecule has 2 aromatic carbocycles. The Bertz CT molecular complexity index is 717. The van der Waals surface area contributed by atoms with Gasteiger partial charge in [0, 0.05) is 18.3 Å². The predicted octanol–water partition coefficient (Wildman–Crippen LogP) is 3.69. The Morgan fingerprint density at radius 3 is 2.62 bits per heavy atom. The Morgan fingerprint density at radius 2 is 1.88 bits per heavy atom. The minimum atomic E-state index is 0.174. The second kappa shape index (κ2) is 7.40. The summed E-state index contributed by atoms with van der Waals surface area (Å²) in [5.74, 6) is 2.35. The van der Waals surface area contributed by atoms with E-state index >= 15 is 0 Å². The summed E-state index contributed by atoms with van der Waals surface area (Å²) < 4.78 is 16.3. The van der Waals surface area contributed by atoms with Crippen molar-refractivity contribution in [2.24, 2.45) is 0 Å². The Labute approximate surface area is 146 Å². The van der Waals surface area contributed by atoms with E-state index in [1.165, 1.54) is 0 Å². The van der Waals surface area contributed by atoms with E-state index in [9.17, 15) is 0 Å². The minimum Gasteiger partial charge on any atom is -0.491 e. The molecule has 3 rings (SSSR count). The van der Waals surface area contributed by atoms with Gasteiger partial charge in [-0.25, -0.2) is 0 Å². The first kappa shape index (κ1) is 16.4. The number of ether oxygens (including phenoxy) is 3. The van der Waals surface area contributed by atoms with Crippen molar-refractivity contribution in [1.29, 1.82) is 0 Å². The quantitative estimate of drug-likeness (QED) is 0.807. The first-order valence-corrected chi connectivity index (χ1v) is 8.21. The van der Waals surface area contributed by atoms with Crippen LogP contribution in [0.3, 0.4) is 0 Å². The normalized spacial score (nSPS) is 12.1. The first-order chi connectivity index (χ1) is 11.6. The van der Waals surface area contributed by atoms with Crippen LogP contribution >= 0.6 is 12.2 Å². The van der Waals surface area contributed by atoms with Crippen molar-refractivity contribution in [2.45, 2.75) is 26.5 Å². The summed E-state index contributed by atoms with van der Waals surface area (Å²) in [5, 5.41) is 6.87. The first-order valence-electron chi connectivity index (χ1n) is 7.80. The second-order valence-corrected chi connectivity index (χ2v) is 6.09. The van der Waals surface area contributed by atoms with Gasteiger partial charge in [0.1, 0.15) is 5.75 Å². The molecular weight excluding hydrogens is 324 g/mol. The van der Waals surface area contributed by atoms with Gasteiger partial charge in [-0.2, -0.15) is 0 Å². The summed E-state index contributed by atoms with van der Waals surface area (Å²) in [6, 6.07) is 13.6. The molecule has 1 aliphatic heterocycles. The molecular formula is C18H20N2O3S. The second-order valence-electron chi connectivity index (χ2n) is 5.69. The van der Waals surface area contributed by atoms with Gasteiger partial charge in [0.25, 0.3) is 0 Å². The van der Waals surface area contributed by atoms with Crippen LogP contribution in [0.5, 0.6) is 17.2 Å². The molecule has 0 aromatic heterocycles. The Balaban J connectivity index is 1.50. The maximum absolute atomic E-state index is 5.63. The largest absolute Gasteiger partial charge is 0.491 e. The number of nitrogens with one attached hydrogen (secondary N) is 2. The zero-order chi connectivity index (χ0) is 16.9. The molecule has 0 spiro atoms. The molecule has 1 heterocycles.